The smallest absolute Gasteiger partial charge is 0.127 e. The Labute approximate surface area is 114 Å². The summed E-state index contributed by atoms with van der Waals surface area (Å²) in [5.41, 5.74) is 12.0. The van der Waals surface area contributed by atoms with E-state index in [1.54, 1.807) is 0 Å². The minimum absolute atomic E-state index is 0.522. The van der Waals surface area contributed by atoms with Crippen LogP contribution < -0.4 is 5.73 Å². The Balaban J connectivity index is 2.66. The highest BCUT2D eigenvalue weighted by Gasteiger charge is 2.12. The third kappa shape index (κ3) is 2.75. The Morgan fingerprint density at radius 2 is 1.53 bits per heavy atom. The molecule has 1 aromatic heterocycles. The maximum atomic E-state index is 5.78. The predicted molar refractivity (Wildman–Crippen MR) is 80.0 cm³/mol. The maximum Gasteiger partial charge on any atom is 0.127 e. The summed E-state index contributed by atoms with van der Waals surface area (Å²) < 4.78 is 0. The zero-order valence-corrected chi connectivity index (χ0v) is 11.9. The Morgan fingerprint density at radius 1 is 0.895 bits per heavy atom. The molecule has 2 rings (SSSR count). The zero-order valence-electron chi connectivity index (χ0n) is 11.9. The van der Waals surface area contributed by atoms with Crippen LogP contribution in [0.2, 0.25) is 0 Å². The van der Waals surface area contributed by atoms with Crippen LogP contribution in [0.25, 0.3) is 11.3 Å². The third-order valence-corrected chi connectivity index (χ3v) is 3.48. The molecule has 0 amide bonds. The molecule has 0 fully saturated rings. The molecule has 100 valence electrons. The van der Waals surface area contributed by atoms with Crippen molar-refractivity contribution in [1.82, 2.24) is 9.97 Å². The Morgan fingerprint density at radius 3 is 2.00 bits per heavy atom. The number of anilines is 1. The van der Waals surface area contributed by atoms with Crippen molar-refractivity contribution in [2.24, 2.45) is 0 Å². The van der Waals surface area contributed by atoms with Gasteiger partial charge in [0.25, 0.3) is 0 Å². The Bertz CT molecular complexity index is 551. The van der Waals surface area contributed by atoms with Crippen LogP contribution in [0.1, 0.15) is 37.5 Å². The number of nitrogen functional groups attached to an aromatic ring is 1. The molecule has 2 aromatic rings. The summed E-state index contributed by atoms with van der Waals surface area (Å²) >= 11 is 0. The largest absolute Gasteiger partial charge is 0.384 e. The molecule has 2 N–H and O–H groups in total. The lowest BCUT2D eigenvalue weighted by molar-refractivity contribution is 1.04. The van der Waals surface area contributed by atoms with Gasteiger partial charge < -0.3 is 5.73 Å². The summed E-state index contributed by atoms with van der Waals surface area (Å²) in [6.07, 6.45) is 4.60. The van der Waals surface area contributed by atoms with Crippen LogP contribution in [0, 0.1) is 0 Å². The highest BCUT2D eigenvalue weighted by atomic mass is 14.9. The van der Waals surface area contributed by atoms with E-state index in [1.165, 1.54) is 28.6 Å². The van der Waals surface area contributed by atoms with Crippen molar-refractivity contribution in [2.45, 2.75) is 40.0 Å². The van der Waals surface area contributed by atoms with Crippen LogP contribution >= 0.6 is 0 Å². The highest BCUT2D eigenvalue weighted by molar-refractivity contribution is 5.70. The highest BCUT2D eigenvalue weighted by Crippen LogP contribution is 2.29. The number of hydrogen-bond donors (Lipinski definition) is 1. The number of aryl methyl sites for hydroxylation is 3. The van der Waals surface area contributed by atoms with E-state index >= 15 is 0 Å². The van der Waals surface area contributed by atoms with Crippen molar-refractivity contribution in [3.63, 3.8) is 0 Å². The number of nitrogens with two attached hydrogens (primary N) is 1. The first-order valence-corrected chi connectivity index (χ1v) is 6.92. The lowest BCUT2D eigenvalue weighted by Gasteiger charge is -2.15. The zero-order chi connectivity index (χ0) is 13.8. The average molecular weight is 255 g/mol. The molecular formula is C16H21N3. The molecular weight excluding hydrogens is 234 g/mol. The first-order valence-electron chi connectivity index (χ1n) is 6.92. The summed E-state index contributed by atoms with van der Waals surface area (Å²) in [5.74, 6) is 0.522. The van der Waals surface area contributed by atoms with Crippen LogP contribution in [0.15, 0.2) is 24.5 Å². The minimum atomic E-state index is 0.522. The predicted octanol–water partition coefficient (Wildman–Crippen LogP) is 3.41. The third-order valence-electron chi connectivity index (χ3n) is 3.48. The van der Waals surface area contributed by atoms with Crippen molar-refractivity contribution < 1.29 is 0 Å². The Hall–Kier alpha value is -1.90. The van der Waals surface area contributed by atoms with E-state index in [-0.39, 0.29) is 0 Å². The minimum Gasteiger partial charge on any atom is -0.384 e. The van der Waals surface area contributed by atoms with Gasteiger partial charge >= 0.3 is 0 Å². The van der Waals surface area contributed by atoms with Gasteiger partial charge in [0, 0.05) is 11.6 Å². The fraction of sp³-hybridized carbons (Fsp3) is 0.375. The van der Waals surface area contributed by atoms with Crippen molar-refractivity contribution in [3.8, 4) is 11.3 Å². The fourth-order valence-corrected chi connectivity index (χ4v) is 2.44. The van der Waals surface area contributed by atoms with Gasteiger partial charge in [-0.15, -0.1) is 0 Å². The van der Waals surface area contributed by atoms with Crippen molar-refractivity contribution in [2.75, 3.05) is 5.73 Å². The van der Waals surface area contributed by atoms with Crippen LogP contribution in [-0.4, -0.2) is 9.97 Å². The molecule has 0 spiro atoms. The first-order chi connectivity index (χ1) is 9.19. The first kappa shape index (κ1) is 13.5. The van der Waals surface area contributed by atoms with Gasteiger partial charge in [-0.2, -0.15) is 0 Å². The normalized spacial score (nSPS) is 10.7. The molecule has 3 heteroatoms. The van der Waals surface area contributed by atoms with E-state index in [0.717, 1.165) is 25.0 Å². The lowest BCUT2D eigenvalue weighted by Crippen LogP contribution is -2.00. The summed E-state index contributed by atoms with van der Waals surface area (Å²) in [6.45, 7) is 6.56. The molecule has 0 aliphatic heterocycles. The molecule has 0 aliphatic carbocycles. The molecule has 0 aliphatic rings. The molecule has 1 heterocycles. The number of benzene rings is 1. The maximum absolute atomic E-state index is 5.78. The SMILES string of the molecule is CCc1cc(CC)c(-c2cc(N)ncn2)c(CC)c1. The van der Waals surface area contributed by atoms with Crippen LogP contribution in [0.4, 0.5) is 5.82 Å². The Kier molecular flexibility index (Phi) is 4.15. The molecule has 1 aromatic carbocycles. The van der Waals surface area contributed by atoms with Crippen LogP contribution in [-0.2, 0) is 19.3 Å². The molecule has 0 radical (unpaired) electrons. The van der Waals surface area contributed by atoms with Crippen LogP contribution in [0.5, 0.6) is 0 Å². The van der Waals surface area contributed by atoms with E-state index in [1.807, 2.05) is 6.07 Å². The van der Waals surface area contributed by atoms with Gasteiger partial charge in [-0.3, -0.25) is 0 Å². The van der Waals surface area contributed by atoms with Crippen molar-refractivity contribution in [1.29, 1.82) is 0 Å². The molecule has 19 heavy (non-hydrogen) atoms. The molecule has 0 saturated heterocycles. The van der Waals surface area contributed by atoms with Crippen molar-refractivity contribution in [3.05, 3.63) is 41.2 Å². The molecule has 3 nitrogen and oxygen atoms in total. The molecule has 0 saturated carbocycles. The van der Waals surface area contributed by atoms with E-state index in [9.17, 15) is 0 Å². The lowest BCUT2D eigenvalue weighted by atomic mass is 9.91. The standard InChI is InChI=1S/C16H21N3/c1-4-11-7-12(5-2)16(13(6-3)8-11)14-9-15(17)19-10-18-14/h7-10H,4-6H2,1-3H3,(H2,17,18,19). The molecule has 0 unspecified atom stereocenters. The van der Waals surface area contributed by atoms with E-state index < -0.39 is 0 Å². The van der Waals surface area contributed by atoms with Gasteiger partial charge in [0.05, 0.1) is 5.69 Å². The van der Waals surface area contributed by atoms with E-state index in [4.69, 9.17) is 5.73 Å². The summed E-state index contributed by atoms with van der Waals surface area (Å²) in [7, 11) is 0. The van der Waals surface area contributed by atoms with Gasteiger partial charge in [-0.1, -0.05) is 32.9 Å². The quantitative estimate of drug-likeness (QED) is 0.910. The van der Waals surface area contributed by atoms with Gasteiger partial charge in [0.15, 0.2) is 0 Å². The monoisotopic (exact) mass is 255 g/mol. The topological polar surface area (TPSA) is 51.8 Å². The second kappa shape index (κ2) is 5.83. The number of aromatic nitrogens is 2. The number of rotatable bonds is 4. The summed E-state index contributed by atoms with van der Waals surface area (Å²) in [6, 6.07) is 6.43. The molecule has 0 bridgehead atoms. The van der Waals surface area contributed by atoms with Gasteiger partial charge in [-0.05, 0) is 36.0 Å². The van der Waals surface area contributed by atoms with Crippen LogP contribution in [0.3, 0.4) is 0 Å². The van der Waals surface area contributed by atoms with Gasteiger partial charge in [-0.25, -0.2) is 9.97 Å². The van der Waals surface area contributed by atoms with E-state index in [2.05, 4.69) is 42.9 Å². The summed E-state index contributed by atoms with van der Waals surface area (Å²) in [4.78, 5) is 8.37. The second-order valence-corrected chi connectivity index (χ2v) is 4.68. The number of nitrogens with zero attached hydrogens (tertiary/aromatic N) is 2. The van der Waals surface area contributed by atoms with Crippen molar-refractivity contribution >= 4 is 5.82 Å². The van der Waals surface area contributed by atoms with Gasteiger partial charge in [0.1, 0.15) is 12.1 Å². The van der Waals surface area contributed by atoms with Gasteiger partial charge in [0.2, 0.25) is 0 Å². The number of hydrogen-bond acceptors (Lipinski definition) is 3. The fourth-order valence-electron chi connectivity index (χ4n) is 2.44. The average Bonchev–Trinajstić information content (AvgIpc) is 2.45. The molecule has 0 atom stereocenters. The van der Waals surface area contributed by atoms with E-state index in [0.29, 0.717) is 5.82 Å². The second-order valence-electron chi connectivity index (χ2n) is 4.68. The summed E-state index contributed by atoms with van der Waals surface area (Å²) in [5, 5.41) is 0.